The number of ether oxygens (including phenoxy) is 2. The smallest absolute Gasteiger partial charge is 0.341 e. The molecule has 1 aromatic heterocycles. The van der Waals surface area contributed by atoms with Gasteiger partial charge in [-0.25, -0.2) is 27.9 Å². The van der Waals surface area contributed by atoms with Gasteiger partial charge in [0.15, 0.2) is 6.10 Å². The summed E-state index contributed by atoms with van der Waals surface area (Å²) >= 11 is 0. The minimum atomic E-state index is -4.10. The molecule has 0 radical (unpaired) electrons. The first-order valence-corrected chi connectivity index (χ1v) is 15.8. The number of nitrogens with one attached hydrogen (secondary N) is 2. The van der Waals surface area contributed by atoms with Gasteiger partial charge in [0.2, 0.25) is 5.95 Å². The molecule has 0 aliphatic rings. The van der Waals surface area contributed by atoms with Gasteiger partial charge in [0.25, 0.3) is 15.9 Å². The lowest BCUT2D eigenvalue weighted by molar-refractivity contribution is -0.123. The van der Waals surface area contributed by atoms with Crippen molar-refractivity contribution >= 4 is 33.5 Å². The fourth-order valence-electron chi connectivity index (χ4n) is 4.93. The van der Waals surface area contributed by atoms with Gasteiger partial charge in [0.05, 0.1) is 17.1 Å². The molecule has 0 aliphatic carbocycles. The summed E-state index contributed by atoms with van der Waals surface area (Å²) in [5.41, 5.74) is 1.74. The number of aromatic nitrogens is 2. The molecule has 0 spiro atoms. The summed E-state index contributed by atoms with van der Waals surface area (Å²) in [5, 5.41) is 2.78. The van der Waals surface area contributed by atoms with Crippen LogP contribution in [0.2, 0.25) is 0 Å². The molecule has 3 rings (SSSR count). The first kappa shape index (κ1) is 33.5. The molecular weight excluding hydrogens is 568 g/mol. The van der Waals surface area contributed by atoms with Crippen LogP contribution in [0.1, 0.15) is 83.7 Å². The van der Waals surface area contributed by atoms with Gasteiger partial charge in [-0.1, -0.05) is 66.2 Å². The van der Waals surface area contributed by atoms with Gasteiger partial charge < -0.3 is 14.8 Å². The molecule has 3 aromatic rings. The van der Waals surface area contributed by atoms with Crippen LogP contribution in [-0.2, 0) is 25.0 Å². The van der Waals surface area contributed by atoms with Crippen LogP contribution in [0.3, 0.4) is 0 Å². The van der Waals surface area contributed by atoms with Crippen LogP contribution in [0.4, 0.5) is 11.6 Å². The molecular formula is C32H42N4O6S. The van der Waals surface area contributed by atoms with Gasteiger partial charge in [-0.15, -0.1) is 0 Å². The quantitative estimate of drug-likeness (QED) is 0.214. The lowest BCUT2D eigenvalue weighted by Crippen LogP contribution is -2.33. The Morgan fingerprint density at radius 2 is 1.60 bits per heavy atom. The van der Waals surface area contributed by atoms with Gasteiger partial charge in [-0.3, -0.25) is 4.79 Å². The molecule has 2 N–H and O–H groups in total. The zero-order valence-corrected chi connectivity index (χ0v) is 26.7. The number of nitrogens with zero attached hydrogens (tertiary/aromatic N) is 2. The Kier molecular flexibility index (Phi) is 10.9. The number of anilines is 2. The molecule has 1 unspecified atom stereocenters. The Hall–Kier alpha value is -3.99. The van der Waals surface area contributed by atoms with Crippen LogP contribution >= 0.6 is 0 Å². The van der Waals surface area contributed by atoms with Crippen LogP contribution < -0.4 is 14.8 Å². The van der Waals surface area contributed by atoms with Gasteiger partial charge in [-0.2, -0.15) is 0 Å². The second-order valence-electron chi connectivity index (χ2n) is 12.2. The summed E-state index contributed by atoms with van der Waals surface area (Å²) in [6.45, 7) is 14.9. The highest BCUT2D eigenvalue weighted by atomic mass is 32.2. The zero-order valence-electron chi connectivity index (χ0n) is 25.9. The van der Waals surface area contributed by atoms with E-state index in [0.29, 0.717) is 18.6 Å². The van der Waals surface area contributed by atoms with Crippen LogP contribution in [0.5, 0.6) is 5.75 Å². The Bertz CT molecular complexity index is 1500. The third kappa shape index (κ3) is 9.77. The maximum Gasteiger partial charge on any atom is 0.341 e. The molecule has 232 valence electrons. The van der Waals surface area contributed by atoms with Crippen molar-refractivity contribution in [1.29, 1.82) is 0 Å². The van der Waals surface area contributed by atoms with E-state index in [1.54, 1.807) is 13.0 Å². The number of hydrogen-bond acceptors (Lipinski definition) is 8. The SMILES string of the molecule is CCCC(Oc1ccc(C(C)(C)CC(C)(C)C)cc1)C(=O)Nc1cccc(S(=O)(=O)Nc2ncc(C(=O)OCC)cn2)c1. The summed E-state index contributed by atoms with van der Waals surface area (Å²) in [6, 6.07) is 13.7. The number of sulfonamides is 1. The molecule has 43 heavy (non-hydrogen) atoms. The zero-order chi connectivity index (χ0) is 31.8. The first-order chi connectivity index (χ1) is 20.1. The van der Waals surface area contributed by atoms with E-state index >= 15 is 0 Å². The highest BCUT2D eigenvalue weighted by Crippen LogP contribution is 2.36. The first-order valence-electron chi connectivity index (χ1n) is 14.3. The van der Waals surface area contributed by atoms with E-state index in [4.69, 9.17) is 9.47 Å². The van der Waals surface area contributed by atoms with E-state index in [1.807, 2.05) is 31.2 Å². The molecule has 1 heterocycles. The summed E-state index contributed by atoms with van der Waals surface area (Å²) in [4.78, 5) is 32.7. The van der Waals surface area contributed by atoms with Crippen LogP contribution in [0.25, 0.3) is 0 Å². The van der Waals surface area contributed by atoms with Crippen molar-refractivity contribution in [3.05, 3.63) is 72.1 Å². The third-order valence-corrected chi connectivity index (χ3v) is 7.86. The largest absolute Gasteiger partial charge is 0.481 e. The number of esters is 1. The van der Waals surface area contributed by atoms with E-state index < -0.39 is 22.1 Å². The van der Waals surface area contributed by atoms with Gasteiger partial charge in [-0.05, 0) is 66.5 Å². The van der Waals surface area contributed by atoms with Gasteiger partial charge in [0, 0.05) is 18.1 Å². The van der Waals surface area contributed by atoms with E-state index in [2.05, 4.69) is 54.6 Å². The fraction of sp³-hybridized carbons (Fsp3) is 0.438. The third-order valence-electron chi connectivity index (χ3n) is 6.53. The van der Waals surface area contributed by atoms with Crippen molar-refractivity contribution < 1.29 is 27.5 Å². The standard InChI is InChI=1S/C32H42N4O6S/c1-8-11-27(42-25-16-14-23(15-17-25)32(6,7)21-31(3,4)5)28(37)35-24-12-10-13-26(18-24)43(39,40)36-30-33-19-22(20-34-30)29(38)41-9-2/h10,12-20,27H,8-9,11,21H2,1-7H3,(H,35,37)(H,33,34,36). The molecule has 1 amide bonds. The Labute approximate surface area is 254 Å². The molecule has 11 heteroatoms. The predicted octanol–water partition coefficient (Wildman–Crippen LogP) is 6.35. The highest BCUT2D eigenvalue weighted by molar-refractivity contribution is 7.92. The summed E-state index contributed by atoms with van der Waals surface area (Å²) in [5.74, 6) is -0.632. The summed E-state index contributed by atoms with van der Waals surface area (Å²) in [7, 11) is -4.10. The number of rotatable bonds is 13. The molecule has 0 saturated heterocycles. The second kappa shape index (κ2) is 14.0. The van der Waals surface area contributed by atoms with Gasteiger partial charge in [0.1, 0.15) is 5.75 Å². The average Bonchev–Trinajstić information content (AvgIpc) is 2.92. The monoisotopic (exact) mass is 610 g/mol. The number of amides is 1. The predicted molar refractivity (Wildman–Crippen MR) is 167 cm³/mol. The van der Waals surface area contributed by atoms with E-state index in [0.717, 1.165) is 6.42 Å². The Morgan fingerprint density at radius 3 is 2.19 bits per heavy atom. The van der Waals surface area contributed by atoms with Crippen LogP contribution in [0, 0.1) is 5.41 Å². The van der Waals surface area contributed by atoms with E-state index in [9.17, 15) is 18.0 Å². The van der Waals surface area contributed by atoms with Crippen LogP contribution in [-0.4, -0.2) is 43.0 Å². The van der Waals surface area contributed by atoms with E-state index in [-0.39, 0.29) is 45.4 Å². The number of hydrogen-bond donors (Lipinski definition) is 2. The molecule has 1 atom stereocenters. The molecule has 2 aromatic carbocycles. The van der Waals surface area contributed by atoms with Crippen molar-refractivity contribution in [2.75, 3.05) is 16.6 Å². The number of carbonyl (C=O) groups excluding carboxylic acids is 2. The summed E-state index contributed by atoms with van der Waals surface area (Å²) < 4.78 is 39.2. The normalized spacial score (nSPS) is 12.7. The summed E-state index contributed by atoms with van der Waals surface area (Å²) in [6.07, 6.45) is 3.77. The lowest BCUT2D eigenvalue weighted by atomic mass is 9.72. The van der Waals surface area contributed by atoms with Crippen LogP contribution in [0.15, 0.2) is 65.8 Å². The van der Waals surface area contributed by atoms with Crippen molar-refractivity contribution in [2.24, 2.45) is 5.41 Å². The maximum atomic E-state index is 13.2. The lowest BCUT2D eigenvalue weighted by Gasteiger charge is -2.33. The Balaban J connectivity index is 1.69. The molecule has 0 aliphatic heterocycles. The number of benzene rings is 2. The topological polar surface area (TPSA) is 137 Å². The van der Waals surface area contributed by atoms with Crippen molar-refractivity contribution in [3.8, 4) is 5.75 Å². The van der Waals surface area contributed by atoms with Crippen molar-refractivity contribution in [2.45, 2.75) is 84.1 Å². The average molecular weight is 611 g/mol. The minimum absolute atomic E-state index is 0.0185. The molecule has 10 nitrogen and oxygen atoms in total. The molecule has 0 saturated carbocycles. The highest BCUT2D eigenvalue weighted by Gasteiger charge is 2.28. The second-order valence-corrected chi connectivity index (χ2v) is 13.9. The van der Waals surface area contributed by atoms with Crippen molar-refractivity contribution in [3.63, 3.8) is 0 Å². The molecule has 0 fully saturated rings. The number of carbonyl (C=O) groups is 2. The van der Waals surface area contributed by atoms with Crippen molar-refractivity contribution in [1.82, 2.24) is 9.97 Å². The van der Waals surface area contributed by atoms with E-state index in [1.165, 1.54) is 36.2 Å². The molecule has 0 bridgehead atoms. The Morgan fingerprint density at radius 1 is 0.953 bits per heavy atom. The fourth-order valence-corrected chi connectivity index (χ4v) is 5.93. The maximum absolute atomic E-state index is 13.2. The van der Waals surface area contributed by atoms with Gasteiger partial charge >= 0.3 is 5.97 Å². The minimum Gasteiger partial charge on any atom is -0.481 e.